The molecule has 0 spiro atoms. The van der Waals surface area contributed by atoms with Crippen molar-refractivity contribution in [2.45, 2.75) is 19.8 Å². The highest BCUT2D eigenvalue weighted by molar-refractivity contribution is 5.89. The van der Waals surface area contributed by atoms with Gasteiger partial charge in [0.25, 0.3) is 0 Å². The Balaban J connectivity index is 2.84. The van der Waals surface area contributed by atoms with Gasteiger partial charge in [-0.25, -0.2) is 0 Å². The van der Waals surface area contributed by atoms with Gasteiger partial charge in [0.2, 0.25) is 0 Å². The normalized spacial score (nSPS) is 11.4. The van der Waals surface area contributed by atoms with E-state index >= 15 is 0 Å². The van der Waals surface area contributed by atoms with E-state index in [2.05, 4.69) is 26.1 Å². The van der Waals surface area contributed by atoms with E-state index < -0.39 is 0 Å². The average Bonchev–Trinajstić information content (AvgIpc) is 2.45. The first-order valence-corrected chi connectivity index (χ1v) is 4.88. The van der Waals surface area contributed by atoms with Gasteiger partial charge in [-0.05, 0) is 17.5 Å². The standard InChI is InChI=1S/C12H15NO/c1-8(2)10-7-13(3)12-9(10)5-4-6-11(12)14/h4-8,14H,1-3H3. The first-order chi connectivity index (χ1) is 6.61. The third-order valence-corrected chi connectivity index (χ3v) is 2.63. The van der Waals surface area contributed by atoms with Crippen LogP contribution in [0.1, 0.15) is 25.3 Å². The van der Waals surface area contributed by atoms with Crippen molar-refractivity contribution in [1.82, 2.24) is 4.57 Å². The fraction of sp³-hybridized carbons (Fsp3) is 0.333. The van der Waals surface area contributed by atoms with E-state index in [-0.39, 0.29) is 0 Å². The van der Waals surface area contributed by atoms with Gasteiger partial charge < -0.3 is 9.67 Å². The third-order valence-electron chi connectivity index (χ3n) is 2.63. The summed E-state index contributed by atoms with van der Waals surface area (Å²) in [7, 11) is 1.97. The number of aromatic hydroxyl groups is 1. The molecule has 0 bridgehead atoms. The Morgan fingerprint density at radius 2 is 2.00 bits per heavy atom. The van der Waals surface area contributed by atoms with Crippen LogP contribution in [-0.2, 0) is 7.05 Å². The van der Waals surface area contributed by atoms with Gasteiger partial charge in [0.05, 0.1) is 5.52 Å². The minimum absolute atomic E-state index is 0.358. The van der Waals surface area contributed by atoms with Crippen molar-refractivity contribution < 1.29 is 5.11 Å². The molecular formula is C12H15NO. The number of benzene rings is 1. The molecule has 0 saturated heterocycles. The molecule has 1 heterocycles. The van der Waals surface area contributed by atoms with Crippen molar-refractivity contribution in [3.63, 3.8) is 0 Å². The number of para-hydroxylation sites is 1. The number of fused-ring (bicyclic) bond motifs is 1. The van der Waals surface area contributed by atoms with Crippen LogP contribution in [0.15, 0.2) is 24.4 Å². The van der Waals surface area contributed by atoms with Crippen LogP contribution >= 0.6 is 0 Å². The van der Waals surface area contributed by atoms with Crippen LogP contribution in [0.25, 0.3) is 10.9 Å². The maximum Gasteiger partial charge on any atom is 0.139 e. The monoisotopic (exact) mass is 189 g/mol. The molecule has 1 aromatic carbocycles. The largest absolute Gasteiger partial charge is 0.506 e. The molecule has 0 aliphatic rings. The van der Waals surface area contributed by atoms with Crippen molar-refractivity contribution in [2.24, 2.45) is 7.05 Å². The van der Waals surface area contributed by atoms with E-state index in [9.17, 15) is 5.11 Å². The third kappa shape index (κ3) is 1.18. The van der Waals surface area contributed by atoms with Crippen LogP contribution in [0.4, 0.5) is 0 Å². The summed E-state index contributed by atoms with van der Waals surface area (Å²) in [4.78, 5) is 0. The number of aromatic nitrogens is 1. The summed E-state index contributed by atoms with van der Waals surface area (Å²) in [5, 5.41) is 10.9. The molecule has 2 rings (SSSR count). The second kappa shape index (κ2) is 3.05. The molecule has 14 heavy (non-hydrogen) atoms. The van der Waals surface area contributed by atoms with Crippen LogP contribution in [0.5, 0.6) is 5.75 Å². The van der Waals surface area contributed by atoms with Gasteiger partial charge in [-0.3, -0.25) is 0 Å². The van der Waals surface area contributed by atoms with Gasteiger partial charge in [-0.1, -0.05) is 26.0 Å². The number of aryl methyl sites for hydroxylation is 1. The van der Waals surface area contributed by atoms with Crippen LogP contribution in [0, 0.1) is 0 Å². The lowest BCUT2D eigenvalue weighted by molar-refractivity contribution is 0.479. The van der Waals surface area contributed by atoms with Crippen molar-refractivity contribution in [3.8, 4) is 5.75 Å². The summed E-state index contributed by atoms with van der Waals surface area (Å²) < 4.78 is 1.99. The summed E-state index contributed by atoms with van der Waals surface area (Å²) in [6.45, 7) is 4.33. The van der Waals surface area contributed by atoms with Crippen LogP contribution in [0.2, 0.25) is 0 Å². The Morgan fingerprint density at radius 1 is 1.29 bits per heavy atom. The van der Waals surface area contributed by atoms with E-state index in [0.29, 0.717) is 11.7 Å². The molecule has 0 radical (unpaired) electrons. The number of phenols is 1. The van der Waals surface area contributed by atoms with Crippen molar-refractivity contribution in [3.05, 3.63) is 30.0 Å². The SMILES string of the molecule is CC(C)c1cn(C)c2c(O)cccc12. The zero-order valence-corrected chi connectivity index (χ0v) is 8.78. The van der Waals surface area contributed by atoms with Gasteiger partial charge in [0.15, 0.2) is 0 Å². The zero-order chi connectivity index (χ0) is 10.3. The zero-order valence-electron chi connectivity index (χ0n) is 8.78. The molecule has 0 aliphatic heterocycles. The molecule has 0 fully saturated rings. The molecule has 0 amide bonds. The summed E-state index contributed by atoms with van der Waals surface area (Å²) in [5.41, 5.74) is 2.22. The summed E-state index contributed by atoms with van der Waals surface area (Å²) in [5.74, 6) is 0.845. The molecule has 74 valence electrons. The molecule has 0 aliphatic carbocycles. The molecule has 0 saturated carbocycles. The smallest absolute Gasteiger partial charge is 0.139 e. The quantitative estimate of drug-likeness (QED) is 0.733. The lowest BCUT2D eigenvalue weighted by Gasteiger charge is -2.01. The molecule has 1 aromatic heterocycles. The van der Waals surface area contributed by atoms with Crippen molar-refractivity contribution in [1.29, 1.82) is 0 Å². The van der Waals surface area contributed by atoms with Gasteiger partial charge in [-0.2, -0.15) is 0 Å². The van der Waals surface area contributed by atoms with Crippen molar-refractivity contribution in [2.75, 3.05) is 0 Å². The number of rotatable bonds is 1. The summed E-state index contributed by atoms with van der Waals surface area (Å²) in [6.07, 6.45) is 2.09. The van der Waals surface area contributed by atoms with Crippen molar-refractivity contribution >= 4 is 10.9 Å². The second-order valence-corrected chi connectivity index (χ2v) is 4.02. The fourth-order valence-electron chi connectivity index (χ4n) is 1.94. The Morgan fingerprint density at radius 3 is 2.64 bits per heavy atom. The van der Waals surface area contributed by atoms with E-state index in [0.717, 1.165) is 10.9 Å². The average molecular weight is 189 g/mol. The molecule has 0 atom stereocenters. The van der Waals surface area contributed by atoms with Crippen LogP contribution in [0.3, 0.4) is 0 Å². The maximum absolute atomic E-state index is 9.73. The molecule has 2 nitrogen and oxygen atoms in total. The Bertz CT molecular complexity index is 468. The summed E-state index contributed by atoms with van der Waals surface area (Å²) >= 11 is 0. The second-order valence-electron chi connectivity index (χ2n) is 4.02. The highest BCUT2D eigenvalue weighted by atomic mass is 16.3. The number of nitrogens with zero attached hydrogens (tertiary/aromatic N) is 1. The highest BCUT2D eigenvalue weighted by Crippen LogP contribution is 2.31. The van der Waals surface area contributed by atoms with Gasteiger partial charge >= 0.3 is 0 Å². The topological polar surface area (TPSA) is 25.2 Å². The number of hydrogen-bond donors (Lipinski definition) is 1. The summed E-state index contributed by atoms with van der Waals surface area (Å²) in [6, 6.07) is 5.68. The molecular weight excluding hydrogens is 174 g/mol. The van der Waals surface area contributed by atoms with E-state index in [1.807, 2.05) is 17.7 Å². The lowest BCUT2D eigenvalue weighted by atomic mass is 10.0. The number of phenolic OH excluding ortho intramolecular Hbond substituents is 1. The van der Waals surface area contributed by atoms with Gasteiger partial charge in [0, 0.05) is 18.6 Å². The molecule has 2 aromatic rings. The van der Waals surface area contributed by atoms with Gasteiger partial charge in [-0.15, -0.1) is 0 Å². The first kappa shape index (κ1) is 9.13. The van der Waals surface area contributed by atoms with Crippen LogP contribution < -0.4 is 0 Å². The molecule has 0 unspecified atom stereocenters. The predicted molar refractivity (Wildman–Crippen MR) is 58.7 cm³/mol. The van der Waals surface area contributed by atoms with E-state index in [4.69, 9.17) is 0 Å². The van der Waals surface area contributed by atoms with Crippen LogP contribution in [-0.4, -0.2) is 9.67 Å². The Labute approximate surface area is 83.8 Å². The molecule has 1 N–H and O–H groups in total. The minimum Gasteiger partial charge on any atom is -0.506 e. The molecule has 2 heteroatoms. The fourth-order valence-corrected chi connectivity index (χ4v) is 1.94. The van der Waals surface area contributed by atoms with Gasteiger partial charge in [0.1, 0.15) is 5.75 Å². The minimum atomic E-state index is 0.358. The highest BCUT2D eigenvalue weighted by Gasteiger charge is 2.11. The first-order valence-electron chi connectivity index (χ1n) is 4.88. The van der Waals surface area contributed by atoms with E-state index in [1.165, 1.54) is 5.56 Å². The van der Waals surface area contributed by atoms with E-state index in [1.54, 1.807) is 6.07 Å². The number of hydrogen-bond acceptors (Lipinski definition) is 1. The maximum atomic E-state index is 9.73. The Kier molecular flexibility index (Phi) is 1.99. The Hall–Kier alpha value is -1.44. The predicted octanol–water partition coefficient (Wildman–Crippen LogP) is 3.01. The lowest BCUT2D eigenvalue weighted by Crippen LogP contribution is -1.84.